The Morgan fingerprint density at radius 3 is 3.31 bits per heavy atom. The van der Waals surface area contributed by atoms with E-state index in [2.05, 4.69) is 20.3 Å². The van der Waals surface area contributed by atoms with Gasteiger partial charge in [-0.2, -0.15) is 0 Å². The lowest BCUT2D eigenvalue weighted by Gasteiger charge is -2.03. The minimum Gasteiger partial charge on any atom is -0.450 e. The molecule has 2 heterocycles. The quantitative estimate of drug-likeness (QED) is 0.784. The van der Waals surface area contributed by atoms with Gasteiger partial charge in [-0.15, -0.1) is 0 Å². The van der Waals surface area contributed by atoms with Crippen LogP contribution in [-0.4, -0.2) is 22.7 Å². The molecule has 0 atom stereocenters. The molecular weight excluding hydrogens is 232 g/mol. The number of aromatic amines is 2. The molecule has 0 aliphatic rings. The number of carbonyl (C=O) groups excluding carboxylic acids is 1. The van der Waals surface area contributed by atoms with Gasteiger partial charge >= 0.3 is 6.09 Å². The van der Waals surface area contributed by atoms with E-state index in [0.717, 1.165) is 5.52 Å². The topological polar surface area (TPSA) is 81.1 Å². The second-order valence-corrected chi connectivity index (χ2v) is 3.36. The molecule has 2 aromatic heterocycles. The van der Waals surface area contributed by atoms with Crippen LogP contribution in [0.1, 0.15) is 6.92 Å². The number of H-pyrrole nitrogens is 2. The smallest absolute Gasteiger partial charge is 0.412 e. The van der Waals surface area contributed by atoms with E-state index in [1.165, 1.54) is 0 Å². The molecule has 0 aromatic carbocycles. The van der Waals surface area contributed by atoms with Gasteiger partial charge in [-0.05, 0) is 6.92 Å². The largest absolute Gasteiger partial charge is 0.450 e. The van der Waals surface area contributed by atoms with Crippen LogP contribution in [0.25, 0.3) is 11.0 Å². The number of carbonyl (C=O) groups is 1. The van der Waals surface area contributed by atoms with Crippen LogP contribution in [0.5, 0.6) is 0 Å². The maximum Gasteiger partial charge on any atom is 0.412 e. The molecule has 2 rings (SSSR count). The van der Waals surface area contributed by atoms with Crippen LogP contribution in [0.2, 0.25) is 5.15 Å². The van der Waals surface area contributed by atoms with Crippen LogP contribution in [0.4, 0.5) is 10.6 Å². The highest BCUT2D eigenvalue weighted by Gasteiger charge is 2.12. The summed E-state index contributed by atoms with van der Waals surface area (Å²) in [6.45, 7) is 2.03. The Bertz CT molecular complexity index is 525. The third kappa shape index (κ3) is 2.06. The van der Waals surface area contributed by atoms with Gasteiger partial charge < -0.3 is 4.74 Å². The molecule has 6 nitrogen and oxygen atoms in total. The Kier molecular flexibility index (Phi) is 2.91. The molecular formula is C9H10ClN4O2+. The lowest BCUT2D eigenvalue weighted by molar-refractivity contribution is -0.344. The molecule has 0 saturated carbocycles. The summed E-state index contributed by atoms with van der Waals surface area (Å²) < 4.78 is 4.73. The molecule has 3 N–H and O–H groups in total. The Balaban J connectivity index is 2.28. The van der Waals surface area contributed by atoms with Crippen LogP contribution in [0, 0.1) is 0 Å². The number of fused-ring (bicyclic) bond motifs is 1. The lowest BCUT2D eigenvalue weighted by Crippen LogP contribution is -2.14. The lowest BCUT2D eigenvalue weighted by atomic mass is 10.4. The SMILES string of the molecule is CCOC(=O)Nc1cc2[nH]c[nH+]c2c(Cl)n1. The molecule has 84 valence electrons. The minimum atomic E-state index is -0.555. The third-order valence-corrected chi connectivity index (χ3v) is 2.20. The van der Waals surface area contributed by atoms with Gasteiger partial charge in [-0.3, -0.25) is 5.32 Å². The standard InChI is InChI=1S/C9H9ClN4O2/c1-2-16-9(15)14-6-3-5-7(8(10)13-6)12-4-11-5/h3-4H,2H2,1H3,(H,11,12)(H,13,14,15)/p+1. The van der Waals surface area contributed by atoms with Gasteiger partial charge in [0.05, 0.1) is 6.61 Å². The van der Waals surface area contributed by atoms with Gasteiger partial charge in [0.2, 0.25) is 11.8 Å². The average Bonchev–Trinajstić information content (AvgIpc) is 2.66. The van der Waals surface area contributed by atoms with E-state index < -0.39 is 6.09 Å². The third-order valence-electron chi connectivity index (χ3n) is 1.93. The number of anilines is 1. The number of ether oxygens (including phenoxy) is 1. The molecule has 0 fully saturated rings. The zero-order valence-electron chi connectivity index (χ0n) is 8.50. The average molecular weight is 242 g/mol. The Morgan fingerprint density at radius 2 is 2.56 bits per heavy atom. The zero-order valence-corrected chi connectivity index (χ0v) is 9.26. The number of hydrogen-bond acceptors (Lipinski definition) is 3. The maximum atomic E-state index is 11.2. The second kappa shape index (κ2) is 4.36. The first-order chi connectivity index (χ1) is 7.70. The fourth-order valence-electron chi connectivity index (χ4n) is 1.29. The molecule has 7 heteroatoms. The highest BCUT2D eigenvalue weighted by atomic mass is 35.5. The van der Waals surface area contributed by atoms with Gasteiger partial charge in [0.1, 0.15) is 5.82 Å². The summed E-state index contributed by atoms with van der Waals surface area (Å²) in [5.41, 5.74) is 1.45. The summed E-state index contributed by atoms with van der Waals surface area (Å²) in [7, 11) is 0. The van der Waals surface area contributed by atoms with Crippen molar-refractivity contribution < 1.29 is 14.5 Å². The van der Waals surface area contributed by atoms with E-state index in [1.807, 2.05) is 0 Å². The minimum absolute atomic E-state index is 0.283. The number of halogens is 1. The summed E-state index contributed by atoms with van der Waals surface area (Å²) in [6, 6.07) is 1.66. The Morgan fingerprint density at radius 1 is 1.75 bits per heavy atom. The van der Waals surface area contributed by atoms with Gasteiger partial charge in [0.25, 0.3) is 0 Å². The summed E-state index contributed by atoms with van der Waals surface area (Å²) in [5.74, 6) is 0.340. The van der Waals surface area contributed by atoms with Crippen molar-refractivity contribution in [1.82, 2.24) is 9.97 Å². The van der Waals surface area contributed by atoms with Crippen LogP contribution in [0.15, 0.2) is 12.4 Å². The van der Waals surface area contributed by atoms with E-state index in [4.69, 9.17) is 16.3 Å². The summed E-state index contributed by atoms with van der Waals surface area (Å²) >= 11 is 5.91. The fourth-order valence-corrected chi connectivity index (χ4v) is 1.53. The molecule has 1 amide bonds. The van der Waals surface area contributed by atoms with Crippen molar-refractivity contribution in [2.45, 2.75) is 6.92 Å². The predicted octanol–water partition coefficient (Wildman–Crippen LogP) is 1.60. The van der Waals surface area contributed by atoms with Gasteiger partial charge in [-0.1, -0.05) is 11.6 Å². The molecule has 0 unspecified atom stereocenters. The van der Waals surface area contributed by atoms with Crippen molar-refractivity contribution in [2.24, 2.45) is 0 Å². The summed E-state index contributed by atoms with van der Waals surface area (Å²) in [6.07, 6.45) is 1.08. The van der Waals surface area contributed by atoms with Crippen LogP contribution < -0.4 is 10.3 Å². The molecule has 16 heavy (non-hydrogen) atoms. The van der Waals surface area contributed by atoms with Crippen molar-refractivity contribution in [1.29, 1.82) is 0 Å². The van der Waals surface area contributed by atoms with E-state index >= 15 is 0 Å². The number of nitrogens with zero attached hydrogens (tertiary/aromatic N) is 1. The fraction of sp³-hybridized carbons (Fsp3) is 0.222. The molecule has 0 radical (unpaired) electrons. The van der Waals surface area contributed by atoms with Gasteiger partial charge in [-0.25, -0.2) is 19.7 Å². The first kappa shape index (κ1) is 10.7. The van der Waals surface area contributed by atoms with E-state index in [-0.39, 0.29) is 5.15 Å². The highest BCUT2D eigenvalue weighted by molar-refractivity contribution is 6.33. The number of aromatic nitrogens is 3. The van der Waals surface area contributed by atoms with Crippen molar-refractivity contribution >= 4 is 34.5 Å². The molecule has 0 saturated heterocycles. The van der Waals surface area contributed by atoms with Crippen LogP contribution in [0.3, 0.4) is 0 Å². The number of pyridine rings is 1. The van der Waals surface area contributed by atoms with E-state index in [1.54, 1.807) is 19.3 Å². The van der Waals surface area contributed by atoms with Crippen molar-refractivity contribution in [3.05, 3.63) is 17.5 Å². The van der Waals surface area contributed by atoms with E-state index in [0.29, 0.717) is 17.9 Å². The number of hydrogen-bond donors (Lipinski definition) is 2. The van der Waals surface area contributed by atoms with Crippen molar-refractivity contribution in [3.63, 3.8) is 0 Å². The number of rotatable bonds is 2. The van der Waals surface area contributed by atoms with Crippen LogP contribution >= 0.6 is 11.6 Å². The van der Waals surface area contributed by atoms with Crippen molar-refractivity contribution in [2.75, 3.05) is 11.9 Å². The number of imidazole rings is 1. The van der Waals surface area contributed by atoms with Crippen LogP contribution in [-0.2, 0) is 4.74 Å². The van der Waals surface area contributed by atoms with Crippen molar-refractivity contribution in [3.8, 4) is 0 Å². The first-order valence-electron chi connectivity index (χ1n) is 4.69. The maximum absolute atomic E-state index is 11.2. The molecule has 0 spiro atoms. The first-order valence-corrected chi connectivity index (χ1v) is 5.07. The van der Waals surface area contributed by atoms with E-state index in [9.17, 15) is 4.79 Å². The number of amides is 1. The second-order valence-electron chi connectivity index (χ2n) is 3.00. The molecule has 0 bridgehead atoms. The normalized spacial score (nSPS) is 10.4. The van der Waals surface area contributed by atoms with Gasteiger partial charge in [0.15, 0.2) is 10.7 Å². The zero-order chi connectivity index (χ0) is 11.5. The van der Waals surface area contributed by atoms with Gasteiger partial charge in [0, 0.05) is 6.07 Å². The summed E-state index contributed by atoms with van der Waals surface area (Å²) in [4.78, 5) is 21.0. The summed E-state index contributed by atoms with van der Waals surface area (Å²) in [5, 5.41) is 2.76. The monoisotopic (exact) mass is 241 g/mol. The molecule has 2 aromatic rings. The highest BCUT2D eigenvalue weighted by Crippen LogP contribution is 2.19. The predicted molar refractivity (Wildman–Crippen MR) is 58.3 cm³/mol. The Hall–Kier alpha value is -1.82. The Labute approximate surface area is 96.0 Å². The molecule has 0 aliphatic carbocycles. The number of nitrogens with one attached hydrogen (secondary N) is 3. The molecule has 0 aliphatic heterocycles.